The topological polar surface area (TPSA) is 42.9 Å². The number of hydrogen-bond acceptors (Lipinski definition) is 3. The SMILES string of the molecule is CC(C)CC(=O)c1ccc2cccc(-c3ccncc3)c2n1. The van der Waals surface area contributed by atoms with Crippen LogP contribution in [-0.4, -0.2) is 15.8 Å². The Balaban J connectivity index is 2.12. The maximum Gasteiger partial charge on any atom is 0.181 e. The highest BCUT2D eigenvalue weighted by molar-refractivity contribution is 5.99. The number of carbonyl (C=O) groups is 1. The van der Waals surface area contributed by atoms with Crippen molar-refractivity contribution < 1.29 is 4.79 Å². The van der Waals surface area contributed by atoms with E-state index in [0.29, 0.717) is 18.0 Å². The quantitative estimate of drug-likeness (QED) is 0.663. The Morgan fingerprint density at radius 1 is 1.05 bits per heavy atom. The van der Waals surface area contributed by atoms with Crippen LogP contribution >= 0.6 is 0 Å². The number of nitrogens with zero attached hydrogens (tertiary/aromatic N) is 2. The minimum Gasteiger partial charge on any atom is -0.292 e. The van der Waals surface area contributed by atoms with Gasteiger partial charge in [-0.3, -0.25) is 9.78 Å². The van der Waals surface area contributed by atoms with Crippen LogP contribution in [0.2, 0.25) is 0 Å². The predicted molar refractivity (Wildman–Crippen MR) is 88.8 cm³/mol. The summed E-state index contributed by atoms with van der Waals surface area (Å²) in [6, 6.07) is 13.8. The van der Waals surface area contributed by atoms with E-state index in [4.69, 9.17) is 0 Å². The van der Waals surface area contributed by atoms with Crippen LogP contribution < -0.4 is 0 Å². The molecule has 0 N–H and O–H groups in total. The fourth-order valence-electron chi connectivity index (χ4n) is 2.54. The van der Waals surface area contributed by atoms with Gasteiger partial charge >= 0.3 is 0 Å². The minimum absolute atomic E-state index is 0.0985. The lowest BCUT2D eigenvalue weighted by Crippen LogP contribution is -2.06. The first-order valence-corrected chi connectivity index (χ1v) is 7.48. The molecule has 22 heavy (non-hydrogen) atoms. The van der Waals surface area contributed by atoms with Crippen LogP contribution in [0, 0.1) is 5.92 Å². The van der Waals surface area contributed by atoms with Crippen molar-refractivity contribution in [1.29, 1.82) is 0 Å². The molecule has 0 saturated heterocycles. The van der Waals surface area contributed by atoms with Crippen LogP contribution in [0.3, 0.4) is 0 Å². The molecule has 0 fully saturated rings. The van der Waals surface area contributed by atoms with Gasteiger partial charge in [-0.1, -0.05) is 38.1 Å². The highest BCUT2D eigenvalue weighted by atomic mass is 16.1. The van der Waals surface area contributed by atoms with Crippen LogP contribution in [0.4, 0.5) is 0 Å². The normalized spacial score (nSPS) is 11.0. The summed E-state index contributed by atoms with van der Waals surface area (Å²) in [4.78, 5) is 21.0. The Labute approximate surface area is 130 Å². The average molecular weight is 290 g/mol. The lowest BCUT2D eigenvalue weighted by molar-refractivity contribution is 0.0963. The van der Waals surface area contributed by atoms with Crippen molar-refractivity contribution in [1.82, 2.24) is 9.97 Å². The standard InChI is InChI=1S/C19H18N2O/c1-13(2)12-18(22)17-7-6-15-4-3-5-16(19(15)21-17)14-8-10-20-11-9-14/h3-11,13H,12H2,1-2H3. The monoisotopic (exact) mass is 290 g/mol. The number of rotatable bonds is 4. The highest BCUT2D eigenvalue weighted by Gasteiger charge is 2.12. The summed E-state index contributed by atoms with van der Waals surface area (Å²) in [5.41, 5.74) is 3.49. The highest BCUT2D eigenvalue weighted by Crippen LogP contribution is 2.27. The Hall–Kier alpha value is -2.55. The molecule has 110 valence electrons. The van der Waals surface area contributed by atoms with Gasteiger partial charge in [-0.25, -0.2) is 4.98 Å². The van der Waals surface area contributed by atoms with Crippen molar-refractivity contribution in [3.63, 3.8) is 0 Å². The van der Waals surface area contributed by atoms with Crippen molar-refractivity contribution in [2.45, 2.75) is 20.3 Å². The fourth-order valence-corrected chi connectivity index (χ4v) is 2.54. The Bertz CT molecular complexity index is 810. The molecule has 0 aliphatic rings. The minimum atomic E-state index is 0.0985. The summed E-state index contributed by atoms with van der Waals surface area (Å²) in [7, 11) is 0. The molecule has 0 spiro atoms. The van der Waals surface area contributed by atoms with Gasteiger partial charge in [0.05, 0.1) is 5.52 Å². The molecule has 0 radical (unpaired) electrons. The summed E-state index contributed by atoms with van der Waals surface area (Å²) in [6.07, 6.45) is 4.06. The van der Waals surface area contributed by atoms with Crippen LogP contribution in [0.1, 0.15) is 30.8 Å². The number of fused-ring (bicyclic) bond motifs is 1. The number of aromatic nitrogens is 2. The second-order valence-corrected chi connectivity index (χ2v) is 5.83. The van der Waals surface area contributed by atoms with E-state index in [2.05, 4.69) is 9.97 Å². The fraction of sp³-hybridized carbons (Fsp3) is 0.211. The number of para-hydroxylation sites is 1. The molecular weight excluding hydrogens is 272 g/mol. The first-order chi connectivity index (χ1) is 10.6. The van der Waals surface area contributed by atoms with E-state index in [9.17, 15) is 4.79 Å². The molecule has 3 aromatic rings. The molecule has 3 nitrogen and oxygen atoms in total. The lowest BCUT2D eigenvalue weighted by Gasteiger charge is -2.08. The maximum atomic E-state index is 12.3. The molecule has 0 unspecified atom stereocenters. The molecule has 0 amide bonds. The van der Waals surface area contributed by atoms with Gasteiger partial charge < -0.3 is 0 Å². The Morgan fingerprint density at radius 3 is 2.55 bits per heavy atom. The average Bonchev–Trinajstić information content (AvgIpc) is 2.54. The van der Waals surface area contributed by atoms with Crippen LogP contribution in [-0.2, 0) is 0 Å². The van der Waals surface area contributed by atoms with E-state index in [1.165, 1.54) is 0 Å². The van der Waals surface area contributed by atoms with Gasteiger partial charge in [0.2, 0.25) is 0 Å². The Kier molecular flexibility index (Phi) is 3.96. The molecule has 0 atom stereocenters. The van der Waals surface area contributed by atoms with Crippen molar-refractivity contribution in [3.8, 4) is 11.1 Å². The molecule has 0 aliphatic heterocycles. The number of Topliss-reactive ketones (excluding diaryl/α,β-unsaturated/α-hetero) is 1. The summed E-state index contributed by atoms with van der Waals surface area (Å²) in [5.74, 6) is 0.432. The predicted octanol–water partition coefficient (Wildman–Crippen LogP) is 4.53. The number of carbonyl (C=O) groups excluding carboxylic acids is 1. The third-order valence-electron chi connectivity index (χ3n) is 3.59. The molecule has 2 aromatic heterocycles. The molecule has 0 aliphatic carbocycles. The second-order valence-electron chi connectivity index (χ2n) is 5.83. The maximum absolute atomic E-state index is 12.3. The zero-order chi connectivity index (χ0) is 15.5. The smallest absolute Gasteiger partial charge is 0.181 e. The molecule has 0 bridgehead atoms. The summed E-state index contributed by atoms with van der Waals surface area (Å²) >= 11 is 0. The Morgan fingerprint density at radius 2 is 1.82 bits per heavy atom. The number of pyridine rings is 2. The third kappa shape index (κ3) is 2.89. The number of hydrogen-bond donors (Lipinski definition) is 0. The molecule has 0 saturated carbocycles. The summed E-state index contributed by atoms with van der Waals surface area (Å²) in [5, 5.41) is 1.04. The molecule has 1 aromatic carbocycles. The van der Waals surface area contributed by atoms with Gasteiger partial charge in [0.25, 0.3) is 0 Å². The van der Waals surface area contributed by atoms with Gasteiger partial charge in [-0.15, -0.1) is 0 Å². The van der Waals surface area contributed by atoms with Crippen LogP contribution in [0.5, 0.6) is 0 Å². The van der Waals surface area contributed by atoms with Crippen molar-refractivity contribution >= 4 is 16.7 Å². The van der Waals surface area contributed by atoms with E-state index >= 15 is 0 Å². The first kappa shape index (κ1) is 14.4. The molecule has 3 heteroatoms. The lowest BCUT2D eigenvalue weighted by atomic mass is 10.0. The largest absolute Gasteiger partial charge is 0.292 e. The van der Waals surface area contributed by atoms with Gasteiger partial charge in [0, 0.05) is 29.8 Å². The van der Waals surface area contributed by atoms with E-state index < -0.39 is 0 Å². The van der Waals surface area contributed by atoms with Gasteiger partial charge in [-0.05, 0) is 29.7 Å². The van der Waals surface area contributed by atoms with Crippen molar-refractivity contribution in [2.24, 2.45) is 5.92 Å². The number of benzene rings is 1. The molecular formula is C19H18N2O. The van der Waals surface area contributed by atoms with Crippen LogP contribution in [0.25, 0.3) is 22.0 Å². The summed E-state index contributed by atoms with van der Waals surface area (Å²) < 4.78 is 0. The zero-order valence-corrected chi connectivity index (χ0v) is 12.8. The molecule has 3 rings (SSSR count). The van der Waals surface area contributed by atoms with Gasteiger partial charge in [-0.2, -0.15) is 0 Å². The van der Waals surface area contributed by atoms with Crippen molar-refractivity contribution in [3.05, 3.63) is 60.6 Å². The van der Waals surface area contributed by atoms with Crippen LogP contribution in [0.15, 0.2) is 54.9 Å². The van der Waals surface area contributed by atoms with E-state index in [1.54, 1.807) is 12.4 Å². The zero-order valence-electron chi connectivity index (χ0n) is 12.8. The van der Waals surface area contributed by atoms with E-state index in [0.717, 1.165) is 22.0 Å². The second kappa shape index (κ2) is 6.06. The molecule has 2 heterocycles. The van der Waals surface area contributed by atoms with Crippen molar-refractivity contribution in [2.75, 3.05) is 0 Å². The first-order valence-electron chi connectivity index (χ1n) is 7.48. The van der Waals surface area contributed by atoms with Gasteiger partial charge in [0.15, 0.2) is 5.78 Å². The van der Waals surface area contributed by atoms with Gasteiger partial charge in [0.1, 0.15) is 5.69 Å². The van der Waals surface area contributed by atoms with E-state index in [-0.39, 0.29) is 5.78 Å². The van der Waals surface area contributed by atoms with E-state index in [1.807, 2.05) is 56.3 Å². The third-order valence-corrected chi connectivity index (χ3v) is 3.59. The summed E-state index contributed by atoms with van der Waals surface area (Å²) in [6.45, 7) is 4.09. The number of ketones is 1.